The summed E-state index contributed by atoms with van der Waals surface area (Å²) in [5, 5.41) is 0. The lowest BCUT2D eigenvalue weighted by molar-refractivity contribution is -0.140. The SMILES string of the molecule is COCCOC(=O)C1=C(C)N=c2sc(=Cc3ccc(OCC(N)=O)cc3)c(=O)n2C1c1ccccc1OC. The molecule has 0 bridgehead atoms. The van der Waals surface area contributed by atoms with Gasteiger partial charge in [-0.3, -0.25) is 14.2 Å². The van der Waals surface area contributed by atoms with Crippen LogP contribution in [0.5, 0.6) is 11.5 Å². The van der Waals surface area contributed by atoms with Crippen LogP contribution in [0.1, 0.15) is 24.1 Å². The van der Waals surface area contributed by atoms with Crippen molar-refractivity contribution in [3.8, 4) is 11.5 Å². The number of benzene rings is 2. The molecule has 10 nitrogen and oxygen atoms in total. The van der Waals surface area contributed by atoms with Crippen molar-refractivity contribution in [2.75, 3.05) is 34.0 Å². The quantitative estimate of drug-likeness (QED) is 0.305. The number of thiazole rings is 1. The third kappa shape index (κ3) is 5.68. The Morgan fingerprint density at radius 1 is 1.11 bits per heavy atom. The van der Waals surface area contributed by atoms with Gasteiger partial charge in [0.2, 0.25) is 0 Å². The number of carbonyl (C=O) groups is 2. The molecule has 0 radical (unpaired) electrons. The molecule has 38 heavy (non-hydrogen) atoms. The van der Waals surface area contributed by atoms with Crippen molar-refractivity contribution in [1.82, 2.24) is 4.57 Å². The average Bonchev–Trinajstić information content (AvgIpc) is 3.21. The van der Waals surface area contributed by atoms with Gasteiger partial charge in [-0.05, 0) is 36.8 Å². The third-order valence-electron chi connectivity index (χ3n) is 5.75. The molecule has 3 aromatic rings. The number of carbonyl (C=O) groups excluding carboxylic acids is 2. The molecule has 1 unspecified atom stereocenters. The number of esters is 1. The number of fused-ring (bicyclic) bond motifs is 1. The predicted octanol–water partition coefficient (Wildman–Crippen LogP) is 1.30. The number of allylic oxidation sites excluding steroid dienone is 1. The van der Waals surface area contributed by atoms with E-state index in [1.54, 1.807) is 43.3 Å². The maximum absolute atomic E-state index is 13.8. The molecule has 198 valence electrons. The summed E-state index contributed by atoms with van der Waals surface area (Å²) in [4.78, 5) is 42.9. The number of primary amides is 1. The minimum absolute atomic E-state index is 0.0638. The van der Waals surface area contributed by atoms with E-state index in [0.717, 1.165) is 5.56 Å². The molecular formula is C27H27N3O7S. The second kappa shape index (κ2) is 11.9. The summed E-state index contributed by atoms with van der Waals surface area (Å²) in [6.45, 7) is 1.80. The molecule has 2 N–H and O–H groups in total. The van der Waals surface area contributed by atoms with Crippen molar-refractivity contribution >= 4 is 29.3 Å². The Morgan fingerprint density at radius 3 is 2.53 bits per heavy atom. The van der Waals surface area contributed by atoms with Crippen molar-refractivity contribution in [3.63, 3.8) is 0 Å². The molecule has 0 spiro atoms. The number of para-hydroxylation sites is 1. The Morgan fingerprint density at radius 2 is 1.84 bits per heavy atom. The van der Waals surface area contributed by atoms with E-state index in [4.69, 9.17) is 24.7 Å². The van der Waals surface area contributed by atoms with Crippen molar-refractivity contribution in [2.24, 2.45) is 10.7 Å². The standard InChI is InChI=1S/C27H27N3O7S/c1-16-23(26(33)36-13-12-34-2)24(19-6-4-5-7-20(19)35-3)30-25(32)21(38-27(30)29-16)14-17-8-10-18(11-9-17)37-15-22(28)31/h4-11,14,24H,12-13,15H2,1-3H3,(H2,28,31). The first-order chi connectivity index (χ1) is 18.3. The van der Waals surface area contributed by atoms with Crippen LogP contribution < -0.4 is 30.1 Å². The van der Waals surface area contributed by atoms with Crippen molar-refractivity contribution < 1.29 is 28.5 Å². The highest BCUT2D eigenvalue weighted by atomic mass is 32.1. The van der Waals surface area contributed by atoms with E-state index in [2.05, 4.69) is 4.99 Å². The van der Waals surface area contributed by atoms with Gasteiger partial charge >= 0.3 is 5.97 Å². The summed E-state index contributed by atoms with van der Waals surface area (Å²) in [7, 11) is 3.05. The van der Waals surface area contributed by atoms with Crippen LogP contribution in [0.15, 0.2) is 69.6 Å². The van der Waals surface area contributed by atoms with Gasteiger partial charge in [0.15, 0.2) is 11.4 Å². The normalized spacial score (nSPS) is 15.0. The maximum Gasteiger partial charge on any atom is 0.338 e. The summed E-state index contributed by atoms with van der Waals surface area (Å²) in [5.41, 5.74) is 6.88. The van der Waals surface area contributed by atoms with Crippen LogP contribution in [0.3, 0.4) is 0 Å². The Kier molecular flexibility index (Phi) is 8.39. The molecular weight excluding hydrogens is 510 g/mol. The van der Waals surface area contributed by atoms with Crippen molar-refractivity contribution in [3.05, 3.63) is 90.6 Å². The van der Waals surface area contributed by atoms with Gasteiger partial charge in [-0.1, -0.05) is 41.7 Å². The summed E-state index contributed by atoms with van der Waals surface area (Å²) >= 11 is 1.21. The maximum atomic E-state index is 13.8. The van der Waals surface area contributed by atoms with Gasteiger partial charge in [-0.15, -0.1) is 0 Å². The van der Waals surface area contributed by atoms with Crippen LogP contribution in [-0.2, 0) is 19.1 Å². The Balaban J connectivity index is 1.81. The largest absolute Gasteiger partial charge is 0.496 e. The smallest absolute Gasteiger partial charge is 0.338 e. The summed E-state index contributed by atoms with van der Waals surface area (Å²) in [6.07, 6.45) is 1.73. The first-order valence-corrected chi connectivity index (χ1v) is 12.5. The van der Waals surface area contributed by atoms with Crippen LogP contribution >= 0.6 is 11.3 Å². The van der Waals surface area contributed by atoms with E-state index in [-0.39, 0.29) is 31.0 Å². The first-order valence-electron chi connectivity index (χ1n) is 11.7. The van der Waals surface area contributed by atoms with E-state index in [9.17, 15) is 14.4 Å². The fourth-order valence-electron chi connectivity index (χ4n) is 4.03. The number of nitrogens with two attached hydrogens (primary N) is 1. The Bertz CT molecular complexity index is 1550. The van der Waals surface area contributed by atoms with E-state index in [1.165, 1.54) is 30.1 Å². The highest BCUT2D eigenvalue weighted by molar-refractivity contribution is 7.07. The van der Waals surface area contributed by atoms with Crippen LogP contribution in [0.4, 0.5) is 0 Å². The van der Waals surface area contributed by atoms with Crippen molar-refractivity contribution in [1.29, 1.82) is 0 Å². The van der Waals surface area contributed by atoms with E-state index >= 15 is 0 Å². The zero-order valence-corrected chi connectivity index (χ0v) is 21.9. The van der Waals surface area contributed by atoms with E-state index < -0.39 is 17.9 Å². The lowest BCUT2D eigenvalue weighted by atomic mass is 9.95. The number of nitrogens with zero attached hydrogens (tertiary/aromatic N) is 2. The van der Waals surface area contributed by atoms with Crippen LogP contribution in [0, 0.1) is 0 Å². The van der Waals surface area contributed by atoms with Crippen LogP contribution in [0.25, 0.3) is 6.08 Å². The molecule has 0 saturated heterocycles. The summed E-state index contributed by atoms with van der Waals surface area (Å²) < 4.78 is 23.2. The summed E-state index contributed by atoms with van der Waals surface area (Å²) in [6, 6.07) is 13.3. The number of amides is 1. The number of hydrogen-bond acceptors (Lipinski definition) is 9. The summed E-state index contributed by atoms with van der Waals surface area (Å²) in [5.74, 6) is -0.154. The minimum atomic E-state index is -0.802. The monoisotopic (exact) mass is 537 g/mol. The molecule has 11 heteroatoms. The van der Waals surface area contributed by atoms with Crippen LogP contribution in [0.2, 0.25) is 0 Å². The van der Waals surface area contributed by atoms with Gasteiger partial charge in [0.25, 0.3) is 11.5 Å². The molecule has 0 aliphatic carbocycles. The second-order valence-corrected chi connectivity index (χ2v) is 9.29. The molecule has 2 aromatic carbocycles. The number of hydrogen-bond donors (Lipinski definition) is 1. The number of methoxy groups -OCH3 is 2. The molecule has 4 rings (SSSR count). The first kappa shape index (κ1) is 26.8. The molecule has 1 aromatic heterocycles. The van der Waals surface area contributed by atoms with Crippen LogP contribution in [-0.4, -0.2) is 50.5 Å². The highest BCUT2D eigenvalue weighted by Crippen LogP contribution is 2.35. The minimum Gasteiger partial charge on any atom is -0.496 e. The third-order valence-corrected chi connectivity index (χ3v) is 6.74. The number of rotatable bonds is 10. The Hall–Kier alpha value is -4.22. The molecule has 2 heterocycles. The molecule has 1 amide bonds. The molecule has 0 fully saturated rings. The zero-order chi connectivity index (χ0) is 27.2. The fourth-order valence-corrected chi connectivity index (χ4v) is 5.08. The van der Waals surface area contributed by atoms with Gasteiger partial charge < -0.3 is 24.7 Å². The molecule has 1 aliphatic rings. The molecule has 1 atom stereocenters. The van der Waals surface area contributed by atoms with Gasteiger partial charge in [-0.2, -0.15) is 0 Å². The predicted molar refractivity (Wildman–Crippen MR) is 141 cm³/mol. The second-order valence-electron chi connectivity index (χ2n) is 8.28. The zero-order valence-electron chi connectivity index (χ0n) is 21.1. The Labute approximate surface area is 222 Å². The van der Waals surface area contributed by atoms with Gasteiger partial charge in [0, 0.05) is 12.7 Å². The molecule has 1 aliphatic heterocycles. The van der Waals surface area contributed by atoms with Gasteiger partial charge in [-0.25, -0.2) is 9.79 Å². The van der Waals surface area contributed by atoms with Gasteiger partial charge in [0.1, 0.15) is 24.1 Å². The average molecular weight is 538 g/mol. The topological polar surface area (TPSA) is 131 Å². The van der Waals surface area contributed by atoms with E-state index in [0.29, 0.717) is 32.1 Å². The van der Waals surface area contributed by atoms with Crippen molar-refractivity contribution in [2.45, 2.75) is 13.0 Å². The molecule has 0 saturated carbocycles. The number of ether oxygens (including phenoxy) is 4. The van der Waals surface area contributed by atoms with Gasteiger partial charge in [0.05, 0.1) is 29.5 Å². The highest BCUT2D eigenvalue weighted by Gasteiger charge is 2.35. The lowest BCUT2D eigenvalue weighted by Gasteiger charge is -2.26. The fraction of sp³-hybridized carbons (Fsp3) is 0.259. The number of aromatic nitrogens is 1. The van der Waals surface area contributed by atoms with E-state index in [1.807, 2.05) is 18.2 Å². The lowest BCUT2D eigenvalue weighted by Crippen LogP contribution is -2.40.